The highest BCUT2D eigenvalue weighted by molar-refractivity contribution is 9.09. The van der Waals surface area contributed by atoms with E-state index in [4.69, 9.17) is 4.74 Å². The highest BCUT2D eigenvalue weighted by Gasteiger charge is 2.29. The Kier molecular flexibility index (Phi) is 4.46. The lowest BCUT2D eigenvalue weighted by Gasteiger charge is -2.25. The monoisotopic (exact) mass is 297 g/mol. The largest absolute Gasteiger partial charge is 0.497 e. The number of likely N-dealkylation sites (tertiary alicyclic amines) is 1. The first-order valence-corrected chi connectivity index (χ1v) is 7.29. The number of halogens is 1. The van der Waals surface area contributed by atoms with Gasteiger partial charge in [-0.05, 0) is 36.6 Å². The number of benzene rings is 1. The Labute approximate surface area is 112 Å². The van der Waals surface area contributed by atoms with Crippen molar-refractivity contribution in [2.24, 2.45) is 5.92 Å². The molecule has 1 saturated heterocycles. The topological polar surface area (TPSA) is 12.5 Å². The van der Waals surface area contributed by atoms with Crippen LogP contribution in [-0.2, 0) is 6.54 Å². The molecule has 1 heterocycles. The molecule has 0 spiro atoms. The average Bonchev–Trinajstić information content (AvgIpc) is 2.70. The quantitative estimate of drug-likeness (QED) is 0.791. The molecule has 94 valence electrons. The molecule has 0 aliphatic carbocycles. The van der Waals surface area contributed by atoms with Crippen LogP contribution in [0.1, 0.15) is 18.9 Å². The molecular weight excluding hydrogens is 278 g/mol. The number of nitrogens with zero attached hydrogens (tertiary/aromatic N) is 1. The fraction of sp³-hybridized carbons (Fsp3) is 0.571. The van der Waals surface area contributed by atoms with E-state index in [1.807, 2.05) is 6.07 Å². The maximum atomic E-state index is 5.27. The van der Waals surface area contributed by atoms with E-state index in [0.717, 1.165) is 23.5 Å². The molecule has 1 aromatic carbocycles. The summed E-state index contributed by atoms with van der Waals surface area (Å²) in [5, 5.41) is 1.07. The number of alkyl halides is 1. The minimum absolute atomic E-state index is 0.668. The van der Waals surface area contributed by atoms with Crippen molar-refractivity contribution in [3.63, 3.8) is 0 Å². The van der Waals surface area contributed by atoms with E-state index in [2.05, 4.69) is 46.0 Å². The molecule has 0 aromatic heterocycles. The van der Waals surface area contributed by atoms with Crippen LogP contribution >= 0.6 is 15.9 Å². The van der Waals surface area contributed by atoms with Gasteiger partial charge < -0.3 is 4.74 Å². The highest BCUT2D eigenvalue weighted by Crippen LogP contribution is 2.27. The molecule has 1 aliphatic heterocycles. The van der Waals surface area contributed by atoms with Crippen LogP contribution in [-0.4, -0.2) is 29.9 Å². The van der Waals surface area contributed by atoms with E-state index in [-0.39, 0.29) is 0 Å². The van der Waals surface area contributed by atoms with Crippen LogP contribution in [0.3, 0.4) is 0 Å². The fourth-order valence-corrected chi connectivity index (χ4v) is 3.59. The van der Waals surface area contributed by atoms with Crippen LogP contribution in [0.25, 0.3) is 0 Å². The first-order valence-electron chi connectivity index (χ1n) is 6.17. The van der Waals surface area contributed by atoms with Gasteiger partial charge in [-0.1, -0.05) is 35.0 Å². The van der Waals surface area contributed by atoms with Gasteiger partial charge in [-0.25, -0.2) is 0 Å². The van der Waals surface area contributed by atoms with Crippen LogP contribution < -0.4 is 4.74 Å². The Morgan fingerprint density at radius 3 is 3.00 bits per heavy atom. The molecule has 1 aromatic rings. The second-order valence-electron chi connectivity index (χ2n) is 4.81. The number of methoxy groups -OCH3 is 1. The zero-order valence-electron chi connectivity index (χ0n) is 10.5. The second-order valence-corrected chi connectivity index (χ2v) is 5.46. The molecule has 0 N–H and O–H groups in total. The van der Waals surface area contributed by atoms with Gasteiger partial charge in [0.15, 0.2) is 0 Å². The number of hydrogen-bond acceptors (Lipinski definition) is 2. The average molecular weight is 298 g/mol. The zero-order valence-corrected chi connectivity index (χ0v) is 12.1. The van der Waals surface area contributed by atoms with Gasteiger partial charge in [-0.2, -0.15) is 0 Å². The van der Waals surface area contributed by atoms with E-state index < -0.39 is 0 Å². The van der Waals surface area contributed by atoms with Crippen molar-refractivity contribution in [2.75, 3.05) is 19.0 Å². The van der Waals surface area contributed by atoms with Crippen LogP contribution in [0.5, 0.6) is 5.75 Å². The summed E-state index contributed by atoms with van der Waals surface area (Å²) in [6.07, 6.45) is 1.31. The molecule has 2 nitrogen and oxygen atoms in total. The van der Waals surface area contributed by atoms with Crippen molar-refractivity contribution in [3.8, 4) is 5.75 Å². The van der Waals surface area contributed by atoms with Gasteiger partial charge in [0, 0.05) is 17.9 Å². The number of rotatable bonds is 4. The summed E-state index contributed by atoms with van der Waals surface area (Å²) < 4.78 is 5.27. The molecular formula is C14H20BrNO. The van der Waals surface area contributed by atoms with Crippen molar-refractivity contribution >= 4 is 15.9 Å². The third-order valence-electron chi connectivity index (χ3n) is 3.68. The van der Waals surface area contributed by atoms with Gasteiger partial charge in [0.05, 0.1) is 7.11 Å². The fourth-order valence-electron chi connectivity index (χ4n) is 2.54. The normalized spacial score (nSPS) is 25.1. The lowest BCUT2D eigenvalue weighted by Crippen LogP contribution is -2.32. The van der Waals surface area contributed by atoms with Gasteiger partial charge >= 0.3 is 0 Å². The third kappa shape index (κ3) is 3.02. The molecule has 2 unspecified atom stereocenters. The predicted octanol–water partition coefficient (Wildman–Crippen LogP) is 3.30. The Bertz CT molecular complexity index is 369. The molecule has 0 saturated carbocycles. The molecule has 0 amide bonds. The molecule has 1 aliphatic rings. The van der Waals surface area contributed by atoms with Crippen molar-refractivity contribution in [1.82, 2.24) is 4.90 Å². The predicted molar refractivity (Wildman–Crippen MR) is 74.8 cm³/mol. The van der Waals surface area contributed by atoms with E-state index in [1.54, 1.807) is 7.11 Å². The molecule has 2 rings (SSSR count). The van der Waals surface area contributed by atoms with Gasteiger partial charge in [0.2, 0.25) is 0 Å². The third-order valence-corrected chi connectivity index (χ3v) is 4.34. The smallest absolute Gasteiger partial charge is 0.119 e. The lowest BCUT2D eigenvalue weighted by molar-refractivity contribution is 0.244. The SMILES string of the molecule is COc1cccc(CN2CCC(C)C2CBr)c1. The zero-order chi connectivity index (χ0) is 12.3. The summed E-state index contributed by atoms with van der Waals surface area (Å²) in [6.45, 7) is 4.57. The van der Waals surface area contributed by atoms with Crippen LogP contribution in [0.15, 0.2) is 24.3 Å². The molecule has 0 radical (unpaired) electrons. The first kappa shape index (κ1) is 12.9. The molecule has 0 bridgehead atoms. The van der Waals surface area contributed by atoms with E-state index in [9.17, 15) is 0 Å². The Morgan fingerprint density at radius 2 is 2.29 bits per heavy atom. The summed E-state index contributed by atoms with van der Waals surface area (Å²) in [6, 6.07) is 9.04. The summed E-state index contributed by atoms with van der Waals surface area (Å²) in [7, 11) is 1.72. The molecule has 1 fully saturated rings. The van der Waals surface area contributed by atoms with Crippen LogP contribution in [0.2, 0.25) is 0 Å². The van der Waals surface area contributed by atoms with Gasteiger partial charge in [0.25, 0.3) is 0 Å². The maximum absolute atomic E-state index is 5.27. The van der Waals surface area contributed by atoms with E-state index in [1.165, 1.54) is 18.5 Å². The molecule has 17 heavy (non-hydrogen) atoms. The number of ether oxygens (including phenoxy) is 1. The Morgan fingerprint density at radius 1 is 1.47 bits per heavy atom. The lowest BCUT2D eigenvalue weighted by atomic mass is 10.0. The van der Waals surface area contributed by atoms with Crippen molar-refractivity contribution in [3.05, 3.63) is 29.8 Å². The summed E-state index contributed by atoms with van der Waals surface area (Å²) in [4.78, 5) is 2.56. The van der Waals surface area contributed by atoms with Crippen LogP contribution in [0.4, 0.5) is 0 Å². The summed E-state index contributed by atoms with van der Waals surface area (Å²) >= 11 is 3.63. The molecule has 2 atom stereocenters. The van der Waals surface area contributed by atoms with Gasteiger partial charge in [0.1, 0.15) is 5.75 Å². The minimum Gasteiger partial charge on any atom is -0.497 e. The number of hydrogen-bond donors (Lipinski definition) is 0. The summed E-state index contributed by atoms with van der Waals surface area (Å²) in [5.74, 6) is 1.74. The van der Waals surface area contributed by atoms with Crippen LogP contribution in [0, 0.1) is 5.92 Å². The van der Waals surface area contributed by atoms with Crippen molar-refractivity contribution < 1.29 is 4.74 Å². The minimum atomic E-state index is 0.668. The van der Waals surface area contributed by atoms with Gasteiger partial charge in [-0.15, -0.1) is 0 Å². The van der Waals surface area contributed by atoms with Gasteiger partial charge in [-0.3, -0.25) is 4.90 Å². The summed E-state index contributed by atoms with van der Waals surface area (Å²) in [5.41, 5.74) is 1.34. The Balaban J connectivity index is 2.04. The molecule has 3 heteroatoms. The standard InChI is InChI=1S/C14H20BrNO/c1-11-6-7-16(14(11)9-15)10-12-4-3-5-13(8-12)17-2/h3-5,8,11,14H,6-7,9-10H2,1-2H3. The van der Waals surface area contributed by atoms with E-state index in [0.29, 0.717) is 6.04 Å². The Hall–Kier alpha value is -0.540. The highest BCUT2D eigenvalue weighted by atomic mass is 79.9. The maximum Gasteiger partial charge on any atom is 0.119 e. The van der Waals surface area contributed by atoms with Crippen molar-refractivity contribution in [1.29, 1.82) is 0 Å². The van der Waals surface area contributed by atoms with E-state index >= 15 is 0 Å². The second kappa shape index (κ2) is 5.87. The first-order chi connectivity index (χ1) is 8.24. The van der Waals surface area contributed by atoms with Crippen molar-refractivity contribution in [2.45, 2.75) is 25.9 Å².